The number of aromatic carboxylic acids is 1. The van der Waals surface area contributed by atoms with E-state index < -0.39 is 5.97 Å². The van der Waals surface area contributed by atoms with Gasteiger partial charge in [0.05, 0.1) is 5.56 Å². The van der Waals surface area contributed by atoms with Crippen molar-refractivity contribution in [2.24, 2.45) is 0 Å². The van der Waals surface area contributed by atoms with Gasteiger partial charge in [-0.25, -0.2) is 4.79 Å². The zero-order chi connectivity index (χ0) is 19.3. The summed E-state index contributed by atoms with van der Waals surface area (Å²) in [6.07, 6.45) is 3.43. The van der Waals surface area contributed by atoms with E-state index in [2.05, 4.69) is 38.7 Å². The number of rotatable bonds is 3. The lowest BCUT2D eigenvalue weighted by Gasteiger charge is -2.42. The van der Waals surface area contributed by atoms with Crippen LogP contribution in [0.3, 0.4) is 0 Å². The molecule has 4 heteroatoms. The van der Waals surface area contributed by atoms with Gasteiger partial charge in [0.15, 0.2) is 0 Å². The van der Waals surface area contributed by atoms with Gasteiger partial charge in [-0.3, -0.25) is 9.78 Å². The zero-order valence-corrected chi connectivity index (χ0v) is 16.0. The largest absolute Gasteiger partial charge is 0.478 e. The number of fused-ring (bicyclic) bond motifs is 1. The molecule has 2 aromatic rings. The van der Waals surface area contributed by atoms with Crippen molar-refractivity contribution in [3.63, 3.8) is 0 Å². The lowest BCUT2D eigenvalue weighted by atomic mass is 9.62. The van der Waals surface area contributed by atoms with Crippen molar-refractivity contribution in [2.45, 2.75) is 58.3 Å². The Hall–Kier alpha value is -2.49. The van der Waals surface area contributed by atoms with E-state index in [1.165, 1.54) is 29.5 Å². The summed E-state index contributed by atoms with van der Waals surface area (Å²) in [6.45, 7) is 10.9. The molecule has 1 aromatic heterocycles. The van der Waals surface area contributed by atoms with Crippen LogP contribution in [0.5, 0.6) is 0 Å². The number of aryl methyl sites for hydroxylation is 1. The van der Waals surface area contributed by atoms with E-state index in [4.69, 9.17) is 5.11 Å². The standard InChI is InChI=1S/C22H25NO3/c1-13-10-16-17(22(4,5)9-8-21(16,2)3)11-15(13)19(24)18-7-6-14(12-23-18)20(25)26/h6-7,10-12H,8-9H2,1-5H3,(H,25,26). The van der Waals surface area contributed by atoms with E-state index in [1.807, 2.05) is 13.0 Å². The maximum Gasteiger partial charge on any atom is 0.337 e. The maximum atomic E-state index is 13.0. The van der Waals surface area contributed by atoms with Gasteiger partial charge in [0.2, 0.25) is 5.78 Å². The van der Waals surface area contributed by atoms with E-state index in [0.29, 0.717) is 5.56 Å². The van der Waals surface area contributed by atoms with Gasteiger partial charge >= 0.3 is 5.97 Å². The second-order valence-corrected chi connectivity index (χ2v) is 8.55. The highest BCUT2D eigenvalue weighted by Crippen LogP contribution is 2.46. The summed E-state index contributed by atoms with van der Waals surface area (Å²) in [4.78, 5) is 28.0. The Labute approximate surface area is 154 Å². The molecule has 26 heavy (non-hydrogen) atoms. The second-order valence-electron chi connectivity index (χ2n) is 8.55. The molecule has 0 aliphatic heterocycles. The molecule has 3 rings (SSSR count). The Morgan fingerprint density at radius 1 is 1.00 bits per heavy atom. The van der Waals surface area contributed by atoms with E-state index in [1.54, 1.807) is 0 Å². The van der Waals surface area contributed by atoms with Crippen molar-refractivity contribution in [2.75, 3.05) is 0 Å². The van der Waals surface area contributed by atoms with Crippen LogP contribution >= 0.6 is 0 Å². The number of carbonyl (C=O) groups is 2. The summed E-state index contributed by atoms with van der Waals surface area (Å²) in [7, 11) is 0. The molecule has 0 saturated carbocycles. The SMILES string of the molecule is Cc1cc2c(cc1C(=O)c1ccc(C(=O)O)cn1)C(C)(C)CCC2(C)C. The van der Waals surface area contributed by atoms with Crippen LogP contribution in [0.4, 0.5) is 0 Å². The summed E-state index contributed by atoms with van der Waals surface area (Å²) in [5.74, 6) is -1.22. The van der Waals surface area contributed by atoms with Gasteiger partial charge in [0.1, 0.15) is 5.69 Å². The van der Waals surface area contributed by atoms with E-state index >= 15 is 0 Å². The molecule has 1 aromatic carbocycles. The molecule has 4 nitrogen and oxygen atoms in total. The number of carboxylic acid groups (broad SMARTS) is 1. The first-order valence-corrected chi connectivity index (χ1v) is 8.92. The predicted octanol–water partition coefficient (Wildman–Crippen LogP) is 4.67. The number of hydrogen-bond acceptors (Lipinski definition) is 3. The summed E-state index contributed by atoms with van der Waals surface area (Å²) in [6, 6.07) is 7.08. The molecule has 1 heterocycles. The molecule has 0 fully saturated rings. The van der Waals surface area contributed by atoms with Crippen LogP contribution in [0.2, 0.25) is 0 Å². The van der Waals surface area contributed by atoms with Gasteiger partial charge < -0.3 is 5.11 Å². The first kappa shape index (κ1) is 18.3. The minimum atomic E-state index is -1.05. The molecule has 0 bridgehead atoms. The van der Waals surface area contributed by atoms with Crippen LogP contribution < -0.4 is 0 Å². The monoisotopic (exact) mass is 351 g/mol. The Morgan fingerprint density at radius 3 is 2.08 bits per heavy atom. The lowest BCUT2D eigenvalue weighted by molar-refractivity contribution is 0.0696. The first-order chi connectivity index (χ1) is 12.0. The fourth-order valence-corrected chi connectivity index (χ4v) is 3.76. The third-order valence-electron chi connectivity index (χ3n) is 5.69. The van der Waals surface area contributed by atoms with E-state index in [9.17, 15) is 9.59 Å². The van der Waals surface area contributed by atoms with Crippen molar-refractivity contribution in [3.8, 4) is 0 Å². The molecule has 136 valence electrons. The van der Waals surface area contributed by atoms with Crippen molar-refractivity contribution in [1.82, 2.24) is 4.98 Å². The average Bonchev–Trinajstić information content (AvgIpc) is 2.58. The normalized spacial score (nSPS) is 17.4. The number of ketones is 1. The Balaban J connectivity index is 2.09. The summed E-state index contributed by atoms with van der Waals surface area (Å²) >= 11 is 0. The zero-order valence-electron chi connectivity index (χ0n) is 16.0. The molecular weight excluding hydrogens is 326 g/mol. The van der Waals surface area contributed by atoms with Gasteiger partial charge in [-0.15, -0.1) is 0 Å². The number of carbonyl (C=O) groups excluding carboxylic acids is 1. The Kier molecular flexibility index (Phi) is 4.26. The third kappa shape index (κ3) is 3.05. The van der Waals surface area contributed by atoms with Gasteiger partial charge in [0, 0.05) is 11.8 Å². The van der Waals surface area contributed by atoms with Gasteiger partial charge in [-0.2, -0.15) is 0 Å². The topological polar surface area (TPSA) is 67.3 Å². The fraction of sp³-hybridized carbons (Fsp3) is 0.409. The van der Waals surface area contributed by atoms with Crippen LogP contribution in [-0.2, 0) is 10.8 Å². The summed E-state index contributed by atoms with van der Waals surface area (Å²) in [5.41, 5.74) is 4.58. The first-order valence-electron chi connectivity index (χ1n) is 8.92. The van der Waals surface area contributed by atoms with Gasteiger partial charge in [0.25, 0.3) is 0 Å². The smallest absolute Gasteiger partial charge is 0.337 e. The number of aromatic nitrogens is 1. The van der Waals surface area contributed by atoms with Crippen molar-refractivity contribution in [1.29, 1.82) is 0 Å². The highest BCUT2D eigenvalue weighted by atomic mass is 16.4. The van der Waals surface area contributed by atoms with E-state index in [-0.39, 0.29) is 27.9 Å². The minimum Gasteiger partial charge on any atom is -0.478 e. The van der Waals surface area contributed by atoms with Crippen LogP contribution in [0.15, 0.2) is 30.5 Å². The molecule has 1 aliphatic carbocycles. The van der Waals surface area contributed by atoms with Crippen LogP contribution in [0, 0.1) is 6.92 Å². The number of pyridine rings is 1. The van der Waals surface area contributed by atoms with Gasteiger partial charge in [-0.1, -0.05) is 33.8 Å². The minimum absolute atomic E-state index is 0.0220. The Bertz CT molecular complexity index is 892. The molecule has 1 N–H and O–H groups in total. The second kappa shape index (κ2) is 6.04. The van der Waals surface area contributed by atoms with Crippen LogP contribution in [0.1, 0.15) is 83.6 Å². The predicted molar refractivity (Wildman–Crippen MR) is 101 cm³/mol. The summed E-state index contributed by atoms with van der Waals surface area (Å²) in [5, 5.41) is 8.99. The number of nitrogens with zero attached hydrogens (tertiary/aromatic N) is 1. The van der Waals surface area contributed by atoms with Crippen LogP contribution in [0.25, 0.3) is 0 Å². The number of benzene rings is 1. The quantitative estimate of drug-likeness (QED) is 0.816. The highest BCUT2D eigenvalue weighted by molar-refractivity contribution is 6.09. The molecule has 0 atom stereocenters. The highest BCUT2D eigenvalue weighted by Gasteiger charge is 2.37. The lowest BCUT2D eigenvalue weighted by Crippen LogP contribution is -2.34. The van der Waals surface area contributed by atoms with Crippen molar-refractivity contribution < 1.29 is 14.7 Å². The molecule has 1 aliphatic rings. The molecule has 0 unspecified atom stereocenters. The van der Waals surface area contributed by atoms with Crippen molar-refractivity contribution in [3.05, 3.63) is 64.0 Å². The maximum absolute atomic E-state index is 13.0. The number of hydrogen-bond donors (Lipinski definition) is 1. The van der Waals surface area contributed by atoms with Gasteiger partial charge in [-0.05, 0) is 65.5 Å². The average molecular weight is 351 g/mol. The molecule has 0 saturated heterocycles. The fourth-order valence-electron chi connectivity index (χ4n) is 3.76. The van der Waals surface area contributed by atoms with E-state index in [0.717, 1.165) is 18.4 Å². The number of carboxylic acids is 1. The summed E-state index contributed by atoms with van der Waals surface area (Å²) < 4.78 is 0. The molecule has 0 amide bonds. The van der Waals surface area contributed by atoms with Crippen molar-refractivity contribution >= 4 is 11.8 Å². The molecular formula is C22H25NO3. The molecule has 0 radical (unpaired) electrons. The van der Waals surface area contributed by atoms with Crippen LogP contribution in [-0.4, -0.2) is 21.8 Å². The third-order valence-corrected chi connectivity index (χ3v) is 5.69. The Morgan fingerprint density at radius 2 is 1.58 bits per heavy atom. The molecule has 0 spiro atoms.